The minimum absolute atomic E-state index is 0.128. The lowest BCUT2D eigenvalue weighted by Gasteiger charge is -2.09. The molecule has 0 aromatic carbocycles. The van der Waals surface area contributed by atoms with Crippen molar-refractivity contribution < 1.29 is 14.3 Å². The van der Waals surface area contributed by atoms with Crippen LogP contribution in [-0.4, -0.2) is 37.4 Å². The monoisotopic (exact) mass is 213 g/mol. The number of rotatable bonds is 6. The molecule has 0 heterocycles. The lowest BCUT2D eigenvalue weighted by molar-refractivity contribution is -0.140. The lowest BCUT2D eigenvalue weighted by Crippen LogP contribution is -2.19. The van der Waals surface area contributed by atoms with Crippen molar-refractivity contribution in [3.05, 3.63) is 11.8 Å². The Kier molecular flexibility index (Phi) is 6.42. The summed E-state index contributed by atoms with van der Waals surface area (Å²) in [5, 5.41) is 0. The summed E-state index contributed by atoms with van der Waals surface area (Å²) in [6, 6.07) is 0. The van der Waals surface area contributed by atoms with Crippen LogP contribution in [0.5, 0.6) is 0 Å². The van der Waals surface area contributed by atoms with E-state index in [2.05, 4.69) is 0 Å². The van der Waals surface area contributed by atoms with Crippen molar-refractivity contribution in [1.29, 1.82) is 0 Å². The second kappa shape index (κ2) is 7.04. The Balaban J connectivity index is 4.73. The third-order valence-electron chi connectivity index (χ3n) is 1.66. The minimum Gasteiger partial charge on any atom is -0.462 e. The highest BCUT2D eigenvalue weighted by Crippen LogP contribution is 2.06. The van der Waals surface area contributed by atoms with Gasteiger partial charge in [0.15, 0.2) is 5.78 Å². The number of ketones is 1. The van der Waals surface area contributed by atoms with Crippen molar-refractivity contribution in [3.8, 4) is 0 Å². The molecule has 0 amide bonds. The van der Waals surface area contributed by atoms with Crippen LogP contribution in [-0.2, 0) is 14.3 Å². The summed E-state index contributed by atoms with van der Waals surface area (Å²) in [5.41, 5.74) is 0.128. The van der Waals surface area contributed by atoms with Crippen LogP contribution in [0, 0.1) is 0 Å². The standard InChI is InChI=1S/C11H19NO3/c1-5-7-10(13)9(8-12(3)4)11(14)15-6-2/h8H,5-7H2,1-4H3/b9-8-. The molecule has 0 saturated heterocycles. The van der Waals surface area contributed by atoms with Gasteiger partial charge < -0.3 is 9.64 Å². The van der Waals surface area contributed by atoms with E-state index in [0.717, 1.165) is 6.42 Å². The van der Waals surface area contributed by atoms with Gasteiger partial charge in [0.1, 0.15) is 5.57 Å². The van der Waals surface area contributed by atoms with Gasteiger partial charge in [0, 0.05) is 26.7 Å². The highest BCUT2D eigenvalue weighted by Gasteiger charge is 2.18. The van der Waals surface area contributed by atoms with Crippen molar-refractivity contribution in [2.75, 3.05) is 20.7 Å². The van der Waals surface area contributed by atoms with Crippen LogP contribution in [0.25, 0.3) is 0 Å². The van der Waals surface area contributed by atoms with Crippen molar-refractivity contribution in [2.45, 2.75) is 26.7 Å². The predicted octanol–water partition coefficient (Wildman–Crippen LogP) is 1.36. The zero-order valence-electron chi connectivity index (χ0n) is 9.87. The molecule has 0 saturated carbocycles. The van der Waals surface area contributed by atoms with Crippen LogP contribution < -0.4 is 0 Å². The Hall–Kier alpha value is -1.32. The average molecular weight is 213 g/mol. The molecule has 4 nitrogen and oxygen atoms in total. The molecule has 0 aromatic heterocycles. The van der Waals surface area contributed by atoms with Crippen molar-refractivity contribution >= 4 is 11.8 Å². The maximum Gasteiger partial charge on any atom is 0.343 e. The van der Waals surface area contributed by atoms with Crippen LogP contribution in [0.15, 0.2) is 11.8 Å². The Bertz CT molecular complexity index is 237. The van der Waals surface area contributed by atoms with E-state index in [1.54, 1.807) is 25.9 Å². The van der Waals surface area contributed by atoms with Gasteiger partial charge in [0.05, 0.1) is 6.61 Å². The summed E-state index contributed by atoms with van der Waals surface area (Å²) in [5.74, 6) is -0.700. The zero-order valence-corrected chi connectivity index (χ0v) is 9.87. The van der Waals surface area contributed by atoms with E-state index >= 15 is 0 Å². The molecule has 0 N–H and O–H groups in total. The second-order valence-corrected chi connectivity index (χ2v) is 3.40. The van der Waals surface area contributed by atoms with Gasteiger partial charge in [-0.05, 0) is 13.3 Å². The number of carbonyl (C=O) groups excluding carboxylic acids is 2. The van der Waals surface area contributed by atoms with E-state index in [0.29, 0.717) is 6.42 Å². The first-order chi connectivity index (χ1) is 7.02. The van der Waals surface area contributed by atoms with Gasteiger partial charge in [0.2, 0.25) is 0 Å². The normalized spacial score (nSPS) is 11.1. The molecule has 86 valence electrons. The minimum atomic E-state index is -0.537. The van der Waals surface area contributed by atoms with Crippen LogP contribution in [0.3, 0.4) is 0 Å². The Morgan fingerprint density at radius 1 is 1.27 bits per heavy atom. The number of nitrogens with zero attached hydrogens (tertiary/aromatic N) is 1. The molecule has 15 heavy (non-hydrogen) atoms. The highest BCUT2D eigenvalue weighted by molar-refractivity contribution is 6.17. The molecule has 4 heteroatoms. The summed E-state index contributed by atoms with van der Waals surface area (Å²) >= 11 is 0. The first-order valence-corrected chi connectivity index (χ1v) is 5.11. The fraction of sp³-hybridized carbons (Fsp3) is 0.636. The van der Waals surface area contributed by atoms with E-state index in [9.17, 15) is 9.59 Å². The molecule has 0 aliphatic heterocycles. The number of hydrogen-bond acceptors (Lipinski definition) is 4. The summed E-state index contributed by atoms with van der Waals surface area (Å²) in [6.07, 6.45) is 2.61. The summed E-state index contributed by atoms with van der Waals surface area (Å²) in [7, 11) is 3.52. The van der Waals surface area contributed by atoms with Crippen LogP contribution in [0.4, 0.5) is 0 Å². The quantitative estimate of drug-likeness (QED) is 0.289. The fourth-order valence-electron chi connectivity index (χ4n) is 1.07. The summed E-state index contributed by atoms with van der Waals surface area (Å²) < 4.78 is 4.82. The number of hydrogen-bond donors (Lipinski definition) is 0. The van der Waals surface area contributed by atoms with Crippen LogP contribution in [0.1, 0.15) is 26.7 Å². The van der Waals surface area contributed by atoms with Gasteiger partial charge in [-0.25, -0.2) is 4.79 Å². The van der Waals surface area contributed by atoms with Crippen LogP contribution >= 0.6 is 0 Å². The first kappa shape index (κ1) is 13.7. The Morgan fingerprint density at radius 3 is 2.27 bits per heavy atom. The molecule has 0 radical (unpaired) electrons. The second-order valence-electron chi connectivity index (χ2n) is 3.40. The van der Waals surface area contributed by atoms with E-state index in [-0.39, 0.29) is 18.0 Å². The molecule has 0 fully saturated rings. The smallest absolute Gasteiger partial charge is 0.343 e. The third kappa shape index (κ3) is 5.20. The molecule has 0 bridgehead atoms. The maximum atomic E-state index is 11.6. The van der Waals surface area contributed by atoms with Gasteiger partial charge in [-0.15, -0.1) is 0 Å². The molecule has 0 aliphatic rings. The SMILES string of the molecule is CCCC(=O)/C(=C/N(C)C)C(=O)OCC. The molecule has 0 spiro atoms. The van der Waals surface area contributed by atoms with Crippen molar-refractivity contribution in [1.82, 2.24) is 4.90 Å². The Morgan fingerprint density at radius 2 is 1.87 bits per heavy atom. The predicted molar refractivity (Wildman–Crippen MR) is 58.3 cm³/mol. The topological polar surface area (TPSA) is 46.6 Å². The van der Waals surface area contributed by atoms with E-state index < -0.39 is 5.97 Å². The number of ether oxygens (including phenoxy) is 1. The summed E-state index contributed by atoms with van der Waals surface area (Å²) in [4.78, 5) is 24.7. The molecular formula is C11H19NO3. The molecule has 0 aliphatic carbocycles. The number of Topliss-reactive ketones (excluding diaryl/α,β-unsaturated/α-hetero) is 1. The fourth-order valence-corrected chi connectivity index (χ4v) is 1.07. The molecule has 0 atom stereocenters. The number of esters is 1. The highest BCUT2D eigenvalue weighted by atomic mass is 16.5. The molecule has 0 unspecified atom stereocenters. The molecule has 0 rings (SSSR count). The Labute approximate surface area is 90.9 Å². The third-order valence-corrected chi connectivity index (χ3v) is 1.66. The largest absolute Gasteiger partial charge is 0.462 e. The molecule has 0 aromatic rings. The van der Waals surface area contributed by atoms with Crippen LogP contribution in [0.2, 0.25) is 0 Å². The average Bonchev–Trinajstić information content (AvgIpc) is 2.14. The van der Waals surface area contributed by atoms with Gasteiger partial charge in [-0.3, -0.25) is 4.79 Å². The van der Waals surface area contributed by atoms with E-state index in [4.69, 9.17) is 4.74 Å². The number of carbonyl (C=O) groups is 2. The van der Waals surface area contributed by atoms with Crippen molar-refractivity contribution in [2.24, 2.45) is 0 Å². The molecular weight excluding hydrogens is 194 g/mol. The zero-order chi connectivity index (χ0) is 11.8. The first-order valence-electron chi connectivity index (χ1n) is 5.11. The van der Waals surface area contributed by atoms with Gasteiger partial charge >= 0.3 is 5.97 Å². The van der Waals surface area contributed by atoms with Gasteiger partial charge in [-0.1, -0.05) is 6.92 Å². The summed E-state index contributed by atoms with van der Waals surface area (Å²) in [6.45, 7) is 3.90. The van der Waals surface area contributed by atoms with Crippen molar-refractivity contribution in [3.63, 3.8) is 0 Å². The van der Waals surface area contributed by atoms with E-state index in [1.807, 2.05) is 6.92 Å². The van der Waals surface area contributed by atoms with E-state index in [1.165, 1.54) is 6.20 Å². The van der Waals surface area contributed by atoms with Gasteiger partial charge in [-0.2, -0.15) is 0 Å². The maximum absolute atomic E-state index is 11.6. The lowest BCUT2D eigenvalue weighted by atomic mass is 10.1. The van der Waals surface area contributed by atoms with Gasteiger partial charge in [0.25, 0.3) is 0 Å².